The van der Waals surface area contributed by atoms with Gasteiger partial charge in [0.05, 0.1) is 22.7 Å². The van der Waals surface area contributed by atoms with Gasteiger partial charge < -0.3 is 10.0 Å². The Hall–Kier alpha value is -1.33. The predicted octanol–water partition coefficient (Wildman–Crippen LogP) is 3.27. The molecule has 4 nitrogen and oxygen atoms in total. The second-order valence-electron chi connectivity index (χ2n) is 5.83. The van der Waals surface area contributed by atoms with Gasteiger partial charge in [-0.25, -0.2) is 0 Å². The first-order valence-corrected chi connectivity index (χ1v) is 7.85. The summed E-state index contributed by atoms with van der Waals surface area (Å²) in [5.74, 6) is -2.11. The van der Waals surface area contributed by atoms with Crippen molar-refractivity contribution >= 4 is 34.8 Å². The molecule has 1 aliphatic carbocycles. The molecule has 1 aromatic heterocycles. The lowest BCUT2D eigenvalue weighted by Crippen LogP contribution is -2.33. The maximum Gasteiger partial charge on any atom is 0.307 e. The van der Waals surface area contributed by atoms with Gasteiger partial charge in [-0.05, 0) is 17.5 Å². The van der Waals surface area contributed by atoms with Gasteiger partial charge in [0.15, 0.2) is 0 Å². The van der Waals surface area contributed by atoms with Gasteiger partial charge in [-0.3, -0.25) is 9.59 Å². The molecule has 1 saturated carbocycles. The molecule has 2 unspecified atom stereocenters. The van der Waals surface area contributed by atoms with Gasteiger partial charge in [-0.2, -0.15) is 0 Å². The molecule has 1 amide bonds. The number of halogens is 1. The van der Waals surface area contributed by atoms with Crippen LogP contribution in [0.4, 0.5) is 0 Å². The van der Waals surface area contributed by atoms with Crippen LogP contribution >= 0.6 is 22.9 Å². The minimum absolute atomic E-state index is 0.128. The maximum atomic E-state index is 12.6. The Labute approximate surface area is 133 Å². The van der Waals surface area contributed by atoms with Crippen LogP contribution in [0.15, 0.2) is 24.8 Å². The van der Waals surface area contributed by atoms with Gasteiger partial charge in [0.25, 0.3) is 0 Å². The van der Waals surface area contributed by atoms with Gasteiger partial charge in [0.2, 0.25) is 5.91 Å². The summed E-state index contributed by atoms with van der Waals surface area (Å²) in [7, 11) is 0. The monoisotopic (exact) mass is 327 g/mol. The number of rotatable bonds is 6. The van der Waals surface area contributed by atoms with Crippen molar-refractivity contribution in [3.8, 4) is 0 Å². The van der Waals surface area contributed by atoms with Crippen LogP contribution in [0.25, 0.3) is 0 Å². The first kappa shape index (κ1) is 16.0. The SMILES string of the molecule is C=CCN(Cc1ccc(Cl)s1)C(=O)C1C(C(=O)O)C1(C)C. The molecule has 114 valence electrons. The molecular formula is C15H18ClNO3S. The van der Waals surface area contributed by atoms with E-state index in [2.05, 4.69) is 6.58 Å². The van der Waals surface area contributed by atoms with E-state index in [1.165, 1.54) is 11.3 Å². The normalized spacial score (nSPS) is 22.6. The van der Waals surface area contributed by atoms with Crippen LogP contribution in [0.3, 0.4) is 0 Å². The Morgan fingerprint density at radius 1 is 1.48 bits per heavy atom. The Balaban J connectivity index is 2.13. The highest BCUT2D eigenvalue weighted by Gasteiger charge is 2.66. The van der Waals surface area contributed by atoms with E-state index in [0.717, 1.165) is 4.88 Å². The highest BCUT2D eigenvalue weighted by molar-refractivity contribution is 7.16. The first-order chi connectivity index (χ1) is 9.78. The minimum atomic E-state index is -0.906. The number of aliphatic carboxylic acids is 1. The summed E-state index contributed by atoms with van der Waals surface area (Å²) in [6.45, 7) is 8.14. The molecule has 2 atom stereocenters. The molecule has 0 spiro atoms. The molecule has 1 heterocycles. The molecule has 1 aliphatic rings. The predicted molar refractivity (Wildman–Crippen MR) is 83.3 cm³/mol. The van der Waals surface area contributed by atoms with E-state index in [-0.39, 0.29) is 5.91 Å². The first-order valence-electron chi connectivity index (χ1n) is 6.65. The van der Waals surface area contributed by atoms with Gasteiger partial charge in [-0.1, -0.05) is 31.5 Å². The average molecular weight is 328 g/mol. The van der Waals surface area contributed by atoms with Crippen molar-refractivity contribution in [2.45, 2.75) is 20.4 Å². The average Bonchev–Trinajstić information content (AvgIpc) is 2.73. The quantitative estimate of drug-likeness (QED) is 0.816. The Morgan fingerprint density at radius 3 is 2.57 bits per heavy atom. The Morgan fingerprint density at radius 2 is 2.14 bits per heavy atom. The molecule has 21 heavy (non-hydrogen) atoms. The van der Waals surface area contributed by atoms with Gasteiger partial charge >= 0.3 is 5.97 Å². The molecule has 1 N–H and O–H groups in total. The summed E-state index contributed by atoms with van der Waals surface area (Å²) < 4.78 is 0.672. The lowest BCUT2D eigenvalue weighted by atomic mass is 10.1. The summed E-state index contributed by atoms with van der Waals surface area (Å²) >= 11 is 7.32. The van der Waals surface area contributed by atoms with E-state index < -0.39 is 23.2 Å². The third-order valence-corrected chi connectivity index (χ3v) is 5.21. The number of hydrogen-bond donors (Lipinski definition) is 1. The number of carbonyl (C=O) groups is 2. The summed E-state index contributed by atoms with van der Waals surface area (Å²) in [6, 6.07) is 3.67. The topological polar surface area (TPSA) is 57.6 Å². The number of thiophene rings is 1. The Kier molecular flexibility index (Phi) is 4.44. The molecule has 6 heteroatoms. The number of amides is 1. The smallest absolute Gasteiger partial charge is 0.307 e. The van der Waals surface area contributed by atoms with E-state index in [1.54, 1.807) is 17.0 Å². The summed E-state index contributed by atoms with van der Waals surface area (Å²) in [5.41, 5.74) is -0.491. The molecule has 0 saturated heterocycles. The number of carboxylic acids is 1. The number of carboxylic acid groups (broad SMARTS) is 1. The van der Waals surface area contributed by atoms with Crippen LogP contribution in [-0.2, 0) is 16.1 Å². The second-order valence-corrected chi connectivity index (χ2v) is 7.63. The molecule has 2 rings (SSSR count). The fourth-order valence-electron chi connectivity index (χ4n) is 2.77. The van der Waals surface area contributed by atoms with Crippen molar-refractivity contribution < 1.29 is 14.7 Å². The van der Waals surface area contributed by atoms with E-state index in [4.69, 9.17) is 11.6 Å². The fourth-order valence-corrected chi connectivity index (χ4v) is 3.87. The molecule has 0 aliphatic heterocycles. The van der Waals surface area contributed by atoms with Gasteiger partial charge in [-0.15, -0.1) is 17.9 Å². The maximum absolute atomic E-state index is 12.6. The van der Waals surface area contributed by atoms with E-state index in [9.17, 15) is 14.7 Å². The molecule has 0 aromatic carbocycles. The van der Waals surface area contributed by atoms with Crippen molar-refractivity contribution in [3.05, 3.63) is 34.0 Å². The van der Waals surface area contributed by atoms with Crippen LogP contribution in [-0.4, -0.2) is 28.4 Å². The lowest BCUT2D eigenvalue weighted by Gasteiger charge is -2.21. The Bertz CT molecular complexity index is 581. The van der Waals surface area contributed by atoms with E-state index in [1.807, 2.05) is 19.9 Å². The third-order valence-electron chi connectivity index (χ3n) is 4.00. The number of hydrogen-bond acceptors (Lipinski definition) is 3. The van der Waals surface area contributed by atoms with Crippen LogP contribution in [0.5, 0.6) is 0 Å². The molecule has 1 fully saturated rings. The van der Waals surface area contributed by atoms with Crippen LogP contribution < -0.4 is 0 Å². The third kappa shape index (κ3) is 3.14. The minimum Gasteiger partial charge on any atom is -0.481 e. The fraction of sp³-hybridized carbons (Fsp3) is 0.467. The summed E-state index contributed by atoms with van der Waals surface area (Å²) in [6.07, 6.45) is 1.65. The van der Waals surface area contributed by atoms with E-state index in [0.29, 0.717) is 17.4 Å². The van der Waals surface area contributed by atoms with Crippen LogP contribution in [0.1, 0.15) is 18.7 Å². The zero-order valence-electron chi connectivity index (χ0n) is 12.0. The second kappa shape index (κ2) is 5.81. The standard InChI is InChI=1S/C15H18ClNO3S/c1-4-7-17(8-9-5-6-10(16)21-9)13(18)11-12(14(19)20)15(11,2)3/h4-6,11-12H,1,7-8H2,2-3H3,(H,19,20). The number of carbonyl (C=O) groups excluding carboxylic acids is 1. The molecule has 0 bridgehead atoms. The highest BCUT2D eigenvalue weighted by Crippen LogP contribution is 2.59. The van der Waals surface area contributed by atoms with Crippen LogP contribution in [0.2, 0.25) is 4.34 Å². The van der Waals surface area contributed by atoms with Crippen molar-refractivity contribution in [1.29, 1.82) is 0 Å². The molecule has 0 radical (unpaired) electrons. The van der Waals surface area contributed by atoms with Crippen LogP contribution in [0, 0.1) is 17.3 Å². The summed E-state index contributed by atoms with van der Waals surface area (Å²) in [5, 5.41) is 9.21. The summed E-state index contributed by atoms with van der Waals surface area (Å²) in [4.78, 5) is 26.5. The molecular weight excluding hydrogens is 310 g/mol. The van der Waals surface area contributed by atoms with Crippen molar-refractivity contribution in [2.75, 3.05) is 6.54 Å². The largest absolute Gasteiger partial charge is 0.481 e. The highest BCUT2D eigenvalue weighted by atomic mass is 35.5. The van der Waals surface area contributed by atoms with E-state index >= 15 is 0 Å². The van der Waals surface area contributed by atoms with Crippen molar-refractivity contribution in [2.24, 2.45) is 17.3 Å². The zero-order valence-corrected chi connectivity index (χ0v) is 13.6. The van der Waals surface area contributed by atoms with Gasteiger partial charge in [0, 0.05) is 11.4 Å². The lowest BCUT2D eigenvalue weighted by molar-refractivity contribution is -0.142. The molecule has 1 aromatic rings. The van der Waals surface area contributed by atoms with Crippen molar-refractivity contribution in [1.82, 2.24) is 4.90 Å². The van der Waals surface area contributed by atoms with Gasteiger partial charge in [0.1, 0.15) is 0 Å². The van der Waals surface area contributed by atoms with Crippen molar-refractivity contribution in [3.63, 3.8) is 0 Å². The zero-order chi connectivity index (χ0) is 15.8. The number of nitrogens with zero attached hydrogens (tertiary/aromatic N) is 1.